The summed E-state index contributed by atoms with van der Waals surface area (Å²) in [5, 5.41) is 1.15. The summed E-state index contributed by atoms with van der Waals surface area (Å²) in [5.74, 6) is 0. The van der Waals surface area contributed by atoms with Crippen molar-refractivity contribution in [3.05, 3.63) is 97.2 Å². The average molecular weight is 347 g/mol. The second kappa shape index (κ2) is 6.44. The summed E-state index contributed by atoms with van der Waals surface area (Å²) in [6, 6.07) is 13.9. The Morgan fingerprint density at radius 1 is 0.826 bits per heavy atom. The lowest BCUT2D eigenvalue weighted by molar-refractivity contribution is 0.718. The molecule has 0 N–H and O–H groups in total. The molecule has 0 saturated heterocycles. The van der Waals surface area contributed by atoms with Crippen LogP contribution in [0.25, 0.3) is 5.69 Å². The van der Waals surface area contributed by atoms with Gasteiger partial charge in [-0.15, -0.1) is 0 Å². The highest BCUT2D eigenvalue weighted by Gasteiger charge is 2.07. The smallest absolute Gasteiger partial charge is 0.305 e. The molecule has 23 heavy (non-hydrogen) atoms. The molecule has 116 valence electrons. The van der Waals surface area contributed by atoms with E-state index in [-0.39, 0.29) is 6.54 Å². The van der Waals surface area contributed by atoms with Crippen LogP contribution in [0.5, 0.6) is 0 Å². The summed E-state index contributed by atoms with van der Waals surface area (Å²) in [4.78, 5) is 24.6. The molecule has 0 unspecified atom stereocenters. The fourth-order valence-electron chi connectivity index (χ4n) is 2.27. The van der Waals surface area contributed by atoms with E-state index in [1.54, 1.807) is 54.9 Å². The maximum atomic E-state index is 12.3. The highest BCUT2D eigenvalue weighted by molar-refractivity contribution is 6.30. The quantitative estimate of drug-likeness (QED) is 0.682. The average Bonchev–Trinajstić information content (AvgIpc) is 2.53. The summed E-state index contributed by atoms with van der Waals surface area (Å²) in [7, 11) is 0. The van der Waals surface area contributed by atoms with Gasteiger partial charge in [-0.05, 0) is 42.0 Å². The van der Waals surface area contributed by atoms with Gasteiger partial charge in [-0.25, -0.2) is 0 Å². The standard InChI is InChI=1S/C17H12Cl2N2O2/c18-13-4-6-15(7-5-13)21-9-8-20(16(22)17(21)23)11-12-2-1-3-14(19)10-12/h1-10H,11H2. The number of hydrogen-bond donors (Lipinski definition) is 0. The third-order valence-electron chi connectivity index (χ3n) is 3.41. The van der Waals surface area contributed by atoms with Crippen molar-refractivity contribution in [3.63, 3.8) is 0 Å². The van der Waals surface area contributed by atoms with E-state index in [1.807, 2.05) is 6.07 Å². The largest absolute Gasteiger partial charge is 0.320 e. The van der Waals surface area contributed by atoms with Crippen LogP contribution in [0.15, 0.2) is 70.5 Å². The molecule has 0 radical (unpaired) electrons. The maximum absolute atomic E-state index is 12.3. The van der Waals surface area contributed by atoms with Crippen molar-refractivity contribution in [1.82, 2.24) is 9.13 Å². The molecule has 0 aliphatic heterocycles. The number of nitrogens with zero attached hydrogens (tertiary/aromatic N) is 2. The van der Waals surface area contributed by atoms with Gasteiger partial charge in [0, 0.05) is 28.1 Å². The maximum Gasteiger partial charge on any atom is 0.320 e. The molecule has 2 aromatic carbocycles. The molecule has 0 atom stereocenters. The van der Waals surface area contributed by atoms with E-state index in [1.165, 1.54) is 9.13 Å². The third-order valence-corrected chi connectivity index (χ3v) is 3.89. The van der Waals surface area contributed by atoms with Gasteiger partial charge in [-0.1, -0.05) is 35.3 Å². The fraction of sp³-hybridized carbons (Fsp3) is 0.0588. The molecule has 0 saturated carbocycles. The van der Waals surface area contributed by atoms with Crippen LogP contribution in [0.2, 0.25) is 10.0 Å². The third kappa shape index (κ3) is 3.38. The molecule has 0 bridgehead atoms. The summed E-state index contributed by atoms with van der Waals surface area (Å²) < 4.78 is 2.66. The number of hydrogen-bond acceptors (Lipinski definition) is 2. The molecule has 0 aliphatic carbocycles. The first-order valence-corrected chi connectivity index (χ1v) is 7.63. The summed E-state index contributed by atoms with van der Waals surface area (Å²) in [6.45, 7) is 0.288. The minimum absolute atomic E-state index is 0.288. The number of aromatic nitrogens is 2. The molecule has 0 fully saturated rings. The van der Waals surface area contributed by atoms with E-state index in [0.29, 0.717) is 15.7 Å². The van der Waals surface area contributed by atoms with Crippen LogP contribution in [0.3, 0.4) is 0 Å². The van der Waals surface area contributed by atoms with Gasteiger partial charge >= 0.3 is 11.1 Å². The topological polar surface area (TPSA) is 44.0 Å². The predicted molar refractivity (Wildman–Crippen MR) is 91.9 cm³/mol. The molecule has 0 amide bonds. The Morgan fingerprint density at radius 3 is 2.26 bits per heavy atom. The van der Waals surface area contributed by atoms with E-state index in [9.17, 15) is 9.59 Å². The molecule has 3 aromatic rings. The van der Waals surface area contributed by atoms with Crippen molar-refractivity contribution in [3.8, 4) is 5.69 Å². The van der Waals surface area contributed by atoms with Crippen LogP contribution < -0.4 is 11.1 Å². The van der Waals surface area contributed by atoms with Gasteiger partial charge in [0.05, 0.1) is 6.54 Å². The molecule has 6 heteroatoms. The van der Waals surface area contributed by atoms with Gasteiger partial charge in [0.25, 0.3) is 0 Å². The molecule has 1 heterocycles. The Labute approximate surface area is 142 Å². The Hall–Kier alpha value is -2.30. The highest BCUT2D eigenvalue weighted by atomic mass is 35.5. The van der Waals surface area contributed by atoms with Gasteiger partial charge in [0.1, 0.15) is 0 Å². The first-order chi connectivity index (χ1) is 11.0. The van der Waals surface area contributed by atoms with Gasteiger partial charge in [0.2, 0.25) is 0 Å². The van der Waals surface area contributed by atoms with E-state index < -0.39 is 11.1 Å². The zero-order valence-electron chi connectivity index (χ0n) is 11.9. The molecular formula is C17H12Cl2N2O2. The van der Waals surface area contributed by atoms with Crippen molar-refractivity contribution in [1.29, 1.82) is 0 Å². The van der Waals surface area contributed by atoms with E-state index in [0.717, 1.165) is 5.56 Å². The Balaban J connectivity index is 1.99. The predicted octanol–water partition coefficient (Wildman–Crippen LogP) is 3.35. The van der Waals surface area contributed by atoms with E-state index >= 15 is 0 Å². The van der Waals surface area contributed by atoms with Crippen LogP contribution in [-0.4, -0.2) is 9.13 Å². The number of rotatable bonds is 3. The van der Waals surface area contributed by atoms with Crippen molar-refractivity contribution < 1.29 is 0 Å². The van der Waals surface area contributed by atoms with Crippen molar-refractivity contribution in [2.24, 2.45) is 0 Å². The lowest BCUT2D eigenvalue weighted by Crippen LogP contribution is -2.40. The molecule has 4 nitrogen and oxygen atoms in total. The summed E-state index contributed by atoms with van der Waals surface area (Å²) in [6.07, 6.45) is 3.15. The van der Waals surface area contributed by atoms with Gasteiger partial charge in [0.15, 0.2) is 0 Å². The van der Waals surface area contributed by atoms with Crippen molar-refractivity contribution in [2.75, 3.05) is 0 Å². The Bertz CT molecular complexity index is 959. The fourth-order valence-corrected chi connectivity index (χ4v) is 2.61. The van der Waals surface area contributed by atoms with E-state index in [2.05, 4.69) is 0 Å². The SMILES string of the molecule is O=c1c(=O)n(-c2ccc(Cl)cc2)ccn1Cc1cccc(Cl)c1. The Morgan fingerprint density at radius 2 is 1.57 bits per heavy atom. The first-order valence-electron chi connectivity index (χ1n) is 6.87. The number of halogens is 2. The lowest BCUT2D eigenvalue weighted by Gasteiger charge is -2.09. The second-order valence-electron chi connectivity index (χ2n) is 5.01. The molecule has 0 spiro atoms. The normalized spacial score (nSPS) is 10.7. The second-order valence-corrected chi connectivity index (χ2v) is 5.89. The summed E-state index contributed by atoms with van der Waals surface area (Å²) >= 11 is 11.8. The van der Waals surface area contributed by atoms with Crippen LogP contribution in [0, 0.1) is 0 Å². The van der Waals surface area contributed by atoms with Crippen LogP contribution in [0.4, 0.5) is 0 Å². The molecule has 3 rings (SSSR count). The lowest BCUT2D eigenvalue weighted by atomic mass is 10.2. The minimum atomic E-state index is -0.614. The van der Waals surface area contributed by atoms with Crippen molar-refractivity contribution in [2.45, 2.75) is 6.54 Å². The number of benzene rings is 2. The van der Waals surface area contributed by atoms with Gasteiger partial charge < -0.3 is 4.57 Å². The van der Waals surface area contributed by atoms with E-state index in [4.69, 9.17) is 23.2 Å². The van der Waals surface area contributed by atoms with Crippen LogP contribution >= 0.6 is 23.2 Å². The highest BCUT2D eigenvalue weighted by Crippen LogP contribution is 2.12. The van der Waals surface area contributed by atoms with Crippen LogP contribution in [0.1, 0.15) is 5.56 Å². The van der Waals surface area contributed by atoms with Crippen molar-refractivity contribution >= 4 is 23.2 Å². The van der Waals surface area contributed by atoms with Gasteiger partial charge in [-0.2, -0.15) is 0 Å². The Kier molecular flexibility index (Phi) is 4.37. The molecule has 1 aromatic heterocycles. The minimum Gasteiger partial charge on any atom is -0.305 e. The monoisotopic (exact) mass is 346 g/mol. The zero-order valence-corrected chi connectivity index (χ0v) is 13.5. The van der Waals surface area contributed by atoms with Crippen LogP contribution in [-0.2, 0) is 6.54 Å². The zero-order chi connectivity index (χ0) is 16.4. The van der Waals surface area contributed by atoms with Gasteiger partial charge in [-0.3, -0.25) is 14.2 Å². The molecule has 0 aliphatic rings. The molecular weight excluding hydrogens is 335 g/mol. The summed E-state index contributed by atoms with van der Waals surface area (Å²) in [5.41, 5.74) is 0.230. The first kappa shape index (κ1) is 15.6.